The SMILES string of the molecule is COc1cc2c(cc1C(=O)Nc1cccc(C(=N)N(NN)C(C)CO)n1)CN(C(=O)c1ccc(F)cc1)C2. The number of halogens is 1. The highest BCUT2D eigenvalue weighted by Crippen LogP contribution is 2.31. The first-order valence-electron chi connectivity index (χ1n) is 11.7. The molecule has 0 fully saturated rings. The van der Waals surface area contributed by atoms with Gasteiger partial charge in [-0.25, -0.2) is 9.37 Å². The maximum absolute atomic E-state index is 13.3. The molecule has 2 heterocycles. The van der Waals surface area contributed by atoms with E-state index < -0.39 is 17.8 Å². The van der Waals surface area contributed by atoms with Crippen molar-refractivity contribution < 1.29 is 23.8 Å². The van der Waals surface area contributed by atoms with Gasteiger partial charge in [0.2, 0.25) is 0 Å². The number of hydrogen-bond acceptors (Lipinski definition) is 8. The van der Waals surface area contributed by atoms with E-state index in [9.17, 15) is 19.1 Å². The Morgan fingerprint density at radius 3 is 2.53 bits per heavy atom. The minimum absolute atomic E-state index is 0.0915. The lowest BCUT2D eigenvalue weighted by Gasteiger charge is -2.28. The summed E-state index contributed by atoms with van der Waals surface area (Å²) in [5.74, 6) is 4.79. The molecule has 198 valence electrons. The molecule has 1 aromatic heterocycles. The van der Waals surface area contributed by atoms with Crippen LogP contribution >= 0.6 is 0 Å². The first-order valence-corrected chi connectivity index (χ1v) is 11.7. The standard InChI is InChI=1S/C26H28FN7O4/c1-15(14-35)34(32-29)24(28)21-4-3-5-23(30-21)31-25(36)20-10-17-12-33(13-18(17)11-22(20)38-2)26(37)16-6-8-19(27)9-7-16/h3-11,15,28,32,35H,12-14,29H2,1-2H3,(H,30,31,36). The molecule has 1 aliphatic rings. The van der Waals surface area contributed by atoms with Gasteiger partial charge in [0.25, 0.3) is 11.8 Å². The second kappa shape index (κ2) is 11.3. The molecule has 3 aromatic rings. The number of nitrogens with two attached hydrogens (primary N) is 1. The van der Waals surface area contributed by atoms with Gasteiger partial charge in [-0.3, -0.25) is 25.8 Å². The number of hydrazine groups is 2. The number of benzene rings is 2. The van der Waals surface area contributed by atoms with Crippen LogP contribution in [0.25, 0.3) is 0 Å². The first kappa shape index (κ1) is 26.7. The Hall–Kier alpha value is -4.39. The van der Waals surface area contributed by atoms with Crippen molar-refractivity contribution in [3.05, 3.63) is 88.4 Å². The highest BCUT2D eigenvalue weighted by atomic mass is 19.1. The Bertz CT molecular complexity index is 1370. The number of hydrogen-bond donors (Lipinski definition) is 5. The Labute approximate surface area is 218 Å². The van der Waals surface area contributed by atoms with Gasteiger partial charge in [0, 0.05) is 18.7 Å². The van der Waals surface area contributed by atoms with E-state index in [1.54, 1.807) is 42.2 Å². The summed E-state index contributed by atoms with van der Waals surface area (Å²) in [6.45, 7) is 2.04. The quantitative estimate of drug-likeness (QED) is 0.130. The molecule has 2 aromatic carbocycles. The number of aliphatic hydroxyl groups excluding tert-OH is 1. The van der Waals surface area contributed by atoms with Crippen LogP contribution in [0.5, 0.6) is 5.75 Å². The monoisotopic (exact) mass is 521 g/mol. The number of nitrogens with one attached hydrogen (secondary N) is 3. The summed E-state index contributed by atoms with van der Waals surface area (Å²) >= 11 is 0. The number of anilines is 1. The molecule has 6 N–H and O–H groups in total. The smallest absolute Gasteiger partial charge is 0.260 e. The summed E-state index contributed by atoms with van der Waals surface area (Å²) in [7, 11) is 1.45. The summed E-state index contributed by atoms with van der Waals surface area (Å²) in [6.07, 6.45) is 0. The van der Waals surface area contributed by atoms with Crippen molar-refractivity contribution in [1.82, 2.24) is 20.4 Å². The molecular weight excluding hydrogens is 493 g/mol. The average molecular weight is 522 g/mol. The number of nitrogens with zero attached hydrogens (tertiary/aromatic N) is 3. The summed E-state index contributed by atoms with van der Waals surface area (Å²) in [6, 6.07) is 13.1. The topological polar surface area (TPSA) is 157 Å². The number of carbonyl (C=O) groups excluding carboxylic acids is 2. The van der Waals surface area contributed by atoms with E-state index in [2.05, 4.69) is 15.8 Å². The van der Waals surface area contributed by atoms with Gasteiger partial charge in [0.1, 0.15) is 23.1 Å². The highest BCUT2D eigenvalue weighted by Gasteiger charge is 2.27. The predicted molar refractivity (Wildman–Crippen MR) is 138 cm³/mol. The van der Waals surface area contributed by atoms with Crippen LogP contribution in [0.1, 0.15) is 44.5 Å². The minimum atomic E-state index is -0.488. The zero-order valence-electron chi connectivity index (χ0n) is 20.9. The molecule has 1 atom stereocenters. The van der Waals surface area contributed by atoms with Crippen LogP contribution in [0.3, 0.4) is 0 Å². The van der Waals surface area contributed by atoms with Crippen LogP contribution in [0.2, 0.25) is 0 Å². The van der Waals surface area contributed by atoms with Gasteiger partial charge in [-0.2, -0.15) is 5.53 Å². The van der Waals surface area contributed by atoms with E-state index in [1.807, 2.05) is 0 Å². The van der Waals surface area contributed by atoms with Crippen LogP contribution in [0.4, 0.5) is 10.2 Å². The Morgan fingerprint density at radius 2 is 1.89 bits per heavy atom. The van der Waals surface area contributed by atoms with Gasteiger partial charge < -0.3 is 20.1 Å². The molecule has 1 aliphatic heterocycles. The Morgan fingerprint density at radius 1 is 1.21 bits per heavy atom. The fourth-order valence-electron chi connectivity index (χ4n) is 4.13. The predicted octanol–water partition coefficient (Wildman–Crippen LogP) is 2.02. The number of pyridine rings is 1. The van der Waals surface area contributed by atoms with Crippen molar-refractivity contribution in [2.75, 3.05) is 19.0 Å². The van der Waals surface area contributed by atoms with Gasteiger partial charge in [-0.05, 0) is 66.6 Å². The maximum atomic E-state index is 13.3. The van der Waals surface area contributed by atoms with Crippen LogP contribution in [0.15, 0.2) is 54.6 Å². The van der Waals surface area contributed by atoms with Crippen molar-refractivity contribution >= 4 is 23.5 Å². The molecule has 1 unspecified atom stereocenters. The van der Waals surface area contributed by atoms with E-state index in [-0.39, 0.29) is 42.0 Å². The molecule has 0 aliphatic carbocycles. The summed E-state index contributed by atoms with van der Waals surface area (Å²) in [4.78, 5) is 32.1. The third kappa shape index (κ3) is 5.47. The van der Waals surface area contributed by atoms with E-state index in [1.165, 1.54) is 36.4 Å². The van der Waals surface area contributed by atoms with Crippen LogP contribution in [-0.2, 0) is 13.1 Å². The minimum Gasteiger partial charge on any atom is -0.496 e. The summed E-state index contributed by atoms with van der Waals surface area (Å²) in [5.41, 5.74) is 4.84. The zero-order valence-corrected chi connectivity index (χ0v) is 20.9. The van der Waals surface area contributed by atoms with Crippen molar-refractivity contribution in [3.8, 4) is 5.75 Å². The van der Waals surface area contributed by atoms with Crippen molar-refractivity contribution in [2.24, 2.45) is 5.84 Å². The van der Waals surface area contributed by atoms with Crippen molar-refractivity contribution in [3.63, 3.8) is 0 Å². The lowest BCUT2D eigenvalue weighted by molar-refractivity contribution is 0.0751. The fourth-order valence-corrected chi connectivity index (χ4v) is 4.13. The lowest BCUT2D eigenvalue weighted by atomic mass is 10.0. The normalized spacial score (nSPS) is 13.0. The molecule has 0 saturated heterocycles. The molecule has 4 rings (SSSR count). The molecule has 12 heteroatoms. The second-order valence-electron chi connectivity index (χ2n) is 8.73. The molecule has 0 saturated carbocycles. The number of aromatic nitrogens is 1. The van der Waals surface area contributed by atoms with E-state index in [0.29, 0.717) is 17.9 Å². The number of aliphatic hydroxyl groups is 1. The average Bonchev–Trinajstić information content (AvgIpc) is 3.35. The summed E-state index contributed by atoms with van der Waals surface area (Å²) in [5, 5.41) is 21.7. The molecule has 0 bridgehead atoms. The fraction of sp³-hybridized carbons (Fsp3) is 0.231. The van der Waals surface area contributed by atoms with Gasteiger partial charge in [-0.1, -0.05) is 6.07 Å². The molecular formula is C26H28FN7O4. The van der Waals surface area contributed by atoms with Crippen LogP contribution in [-0.4, -0.2) is 57.4 Å². The van der Waals surface area contributed by atoms with Gasteiger partial charge in [0.05, 0.1) is 25.3 Å². The first-order chi connectivity index (χ1) is 18.2. The molecule has 0 spiro atoms. The number of rotatable bonds is 8. The number of methoxy groups -OCH3 is 1. The van der Waals surface area contributed by atoms with Crippen LogP contribution < -0.4 is 21.4 Å². The second-order valence-corrected chi connectivity index (χ2v) is 8.73. The van der Waals surface area contributed by atoms with Crippen LogP contribution in [0, 0.1) is 11.2 Å². The van der Waals surface area contributed by atoms with E-state index >= 15 is 0 Å². The number of amides is 2. The van der Waals surface area contributed by atoms with Crippen molar-refractivity contribution in [1.29, 1.82) is 5.41 Å². The molecule has 2 amide bonds. The van der Waals surface area contributed by atoms with Gasteiger partial charge in [-0.15, -0.1) is 0 Å². The van der Waals surface area contributed by atoms with Gasteiger partial charge >= 0.3 is 0 Å². The lowest BCUT2D eigenvalue weighted by Crippen LogP contribution is -2.53. The van der Waals surface area contributed by atoms with E-state index in [4.69, 9.17) is 16.0 Å². The zero-order chi connectivity index (χ0) is 27.4. The van der Waals surface area contributed by atoms with E-state index in [0.717, 1.165) is 11.1 Å². The van der Waals surface area contributed by atoms with Gasteiger partial charge in [0.15, 0.2) is 5.84 Å². The maximum Gasteiger partial charge on any atom is 0.260 e. The number of ether oxygens (including phenoxy) is 1. The molecule has 38 heavy (non-hydrogen) atoms. The molecule has 0 radical (unpaired) electrons. The third-order valence-electron chi connectivity index (χ3n) is 6.19. The van der Waals surface area contributed by atoms with Crippen molar-refractivity contribution in [2.45, 2.75) is 26.1 Å². The number of carbonyl (C=O) groups is 2. The molecule has 11 nitrogen and oxygen atoms in total. The number of amidine groups is 1. The summed E-state index contributed by atoms with van der Waals surface area (Å²) < 4.78 is 18.7. The largest absolute Gasteiger partial charge is 0.496 e. The Kier molecular flexibility index (Phi) is 7.96. The third-order valence-corrected chi connectivity index (χ3v) is 6.19. The number of fused-ring (bicyclic) bond motifs is 1. The highest BCUT2D eigenvalue weighted by molar-refractivity contribution is 6.06. The Balaban J connectivity index is 1.53.